The van der Waals surface area contributed by atoms with Crippen LogP contribution in [0.5, 0.6) is 0 Å². The van der Waals surface area contributed by atoms with Crippen molar-refractivity contribution in [2.45, 2.75) is 19.4 Å². The van der Waals surface area contributed by atoms with Crippen LogP contribution in [0.15, 0.2) is 29.2 Å². The van der Waals surface area contributed by atoms with Crippen LogP contribution in [0.25, 0.3) is 0 Å². The predicted molar refractivity (Wildman–Crippen MR) is 48.3 cm³/mol. The Morgan fingerprint density at radius 2 is 2.50 bits per heavy atom. The van der Waals surface area contributed by atoms with E-state index in [0.717, 1.165) is 17.9 Å². The lowest BCUT2D eigenvalue weighted by Gasteiger charge is -2.09. The van der Waals surface area contributed by atoms with Gasteiger partial charge in [-0.15, -0.1) is 6.58 Å². The highest BCUT2D eigenvalue weighted by Gasteiger charge is 2.10. The van der Waals surface area contributed by atoms with Crippen LogP contribution >= 0.6 is 0 Å². The van der Waals surface area contributed by atoms with Crippen LogP contribution in [0.4, 0.5) is 0 Å². The molecule has 66 valence electrons. The summed E-state index contributed by atoms with van der Waals surface area (Å²) in [6, 6.07) is 3.88. The smallest absolute Gasteiger partial charge is 0.122 e. The molecule has 1 aromatic heterocycles. The summed E-state index contributed by atoms with van der Waals surface area (Å²) in [5, 5.41) is 0. The first-order chi connectivity index (χ1) is 5.77. The fourth-order valence-corrected chi connectivity index (χ4v) is 1.07. The number of nitrogens with one attached hydrogen (secondary N) is 1. The summed E-state index contributed by atoms with van der Waals surface area (Å²) in [6.07, 6.45) is 2.58. The van der Waals surface area contributed by atoms with E-state index >= 15 is 0 Å². The molecule has 0 spiro atoms. The lowest BCUT2D eigenvalue weighted by Crippen LogP contribution is -2.27. The average Bonchev–Trinajstić information content (AvgIpc) is 2.47. The van der Waals surface area contributed by atoms with Crippen LogP contribution in [0.3, 0.4) is 0 Å². The third-order valence-corrected chi connectivity index (χ3v) is 1.71. The first-order valence-electron chi connectivity index (χ1n) is 3.91. The summed E-state index contributed by atoms with van der Waals surface area (Å²) < 4.78 is 5.40. The normalized spacial score (nSPS) is 12.8. The van der Waals surface area contributed by atoms with E-state index < -0.39 is 0 Å². The molecule has 0 saturated carbocycles. The quantitative estimate of drug-likeness (QED) is 0.406. The maximum absolute atomic E-state index is 5.40. The van der Waals surface area contributed by atoms with Crippen LogP contribution in [0.1, 0.15) is 24.0 Å². The van der Waals surface area contributed by atoms with Crippen molar-refractivity contribution in [2.75, 3.05) is 0 Å². The van der Waals surface area contributed by atoms with E-state index in [-0.39, 0.29) is 6.04 Å². The minimum Gasteiger partial charge on any atom is -0.465 e. The molecule has 0 aliphatic rings. The van der Waals surface area contributed by atoms with E-state index in [0.29, 0.717) is 0 Å². The van der Waals surface area contributed by atoms with Crippen LogP contribution in [-0.4, -0.2) is 0 Å². The van der Waals surface area contributed by atoms with Crippen molar-refractivity contribution in [1.29, 1.82) is 0 Å². The minimum atomic E-state index is 0.0381. The van der Waals surface area contributed by atoms with E-state index in [9.17, 15) is 0 Å². The molecule has 3 N–H and O–H groups in total. The van der Waals surface area contributed by atoms with E-state index in [1.54, 1.807) is 0 Å². The van der Waals surface area contributed by atoms with Crippen LogP contribution in [0.2, 0.25) is 0 Å². The standard InChI is InChI=1S/C9H14N2O/c1-3-4-8(11-10)9-6-5-7(2)12-9/h3,5-6,8,11H,1,4,10H2,2H3. The number of hydrazine groups is 1. The van der Waals surface area contributed by atoms with Crippen molar-refractivity contribution in [3.05, 3.63) is 36.3 Å². The first-order valence-corrected chi connectivity index (χ1v) is 3.91. The van der Waals surface area contributed by atoms with Gasteiger partial charge >= 0.3 is 0 Å². The van der Waals surface area contributed by atoms with Crippen molar-refractivity contribution in [2.24, 2.45) is 5.84 Å². The van der Waals surface area contributed by atoms with Crippen LogP contribution in [-0.2, 0) is 0 Å². The topological polar surface area (TPSA) is 51.2 Å². The third kappa shape index (κ3) is 1.96. The molecule has 1 unspecified atom stereocenters. The van der Waals surface area contributed by atoms with E-state index in [2.05, 4.69) is 12.0 Å². The SMILES string of the molecule is C=CCC(NN)c1ccc(C)o1. The fraction of sp³-hybridized carbons (Fsp3) is 0.333. The average molecular weight is 166 g/mol. The lowest BCUT2D eigenvalue weighted by molar-refractivity contribution is 0.406. The fourth-order valence-electron chi connectivity index (χ4n) is 1.07. The van der Waals surface area contributed by atoms with Crippen molar-refractivity contribution < 1.29 is 4.42 Å². The summed E-state index contributed by atoms with van der Waals surface area (Å²) in [6.45, 7) is 5.55. The molecular formula is C9H14N2O. The highest BCUT2D eigenvalue weighted by molar-refractivity contribution is 5.10. The molecule has 0 aliphatic carbocycles. The number of aryl methyl sites for hydroxylation is 1. The minimum absolute atomic E-state index is 0.0381. The van der Waals surface area contributed by atoms with Gasteiger partial charge in [-0.25, -0.2) is 5.43 Å². The van der Waals surface area contributed by atoms with E-state index in [1.807, 2.05) is 25.1 Å². The summed E-state index contributed by atoms with van der Waals surface area (Å²) in [5.74, 6) is 7.10. The third-order valence-electron chi connectivity index (χ3n) is 1.71. The van der Waals surface area contributed by atoms with Crippen molar-refractivity contribution in [1.82, 2.24) is 5.43 Å². The van der Waals surface area contributed by atoms with Crippen LogP contribution in [0, 0.1) is 6.92 Å². The Hall–Kier alpha value is -1.06. The van der Waals surface area contributed by atoms with Gasteiger partial charge in [-0.2, -0.15) is 0 Å². The zero-order valence-corrected chi connectivity index (χ0v) is 7.21. The van der Waals surface area contributed by atoms with Gasteiger partial charge in [0.1, 0.15) is 11.5 Å². The molecule has 0 aliphatic heterocycles. The Morgan fingerprint density at radius 3 is 2.92 bits per heavy atom. The van der Waals surface area contributed by atoms with E-state index in [4.69, 9.17) is 10.3 Å². The van der Waals surface area contributed by atoms with Crippen molar-refractivity contribution in [3.63, 3.8) is 0 Å². The maximum Gasteiger partial charge on any atom is 0.122 e. The summed E-state index contributed by atoms with van der Waals surface area (Å²) >= 11 is 0. The van der Waals surface area contributed by atoms with Crippen molar-refractivity contribution in [3.8, 4) is 0 Å². The molecular weight excluding hydrogens is 152 g/mol. The number of hydrogen-bond donors (Lipinski definition) is 2. The van der Waals surface area contributed by atoms with Gasteiger partial charge in [0.25, 0.3) is 0 Å². The number of rotatable bonds is 4. The Bertz CT molecular complexity index is 255. The molecule has 12 heavy (non-hydrogen) atoms. The number of nitrogens with two attached hydrogens (primary N) is 1. The van der Waals surface area contributed by atoms with Crippen LogP contribution < -0.4 is 11.3 Å². The Balaban J connectivity index is 2.72. The predicted octanol–water partition coefficient (Wildman–Crippen LogP) is 1.67. The molecule has 0 radical (unpaired) electrons. The van der Waals surface area contributed by atoms with Gasteiger partial charge in [0.15, 0.2) is 0 Å². The Morgan fingerprint density at radius 1 is 1.75 bits per heavy atom. The molecule has 3 heteroatoms. The molecule has 1 rings (SSSR count). The largest absolute Gasteiger partial charge is 0.465 e. The van der Waals surface area contributed by atoms with Gasteiger partial charge in [-0.3, -0.25) is 5.84 Å². The first kappa shape index (κ1) is 9.03. The zero-order chi connectivity index (χ0) is 8.97. The monoisotopic (exact) mass is 166 g/mol. The number of hydrogen-bond acceptors (Lipinski definition) is 3. The second-order valence-electron chi connectivity index (χ2n) is 2.69. The molecule has 0 aromatic carbocycles. The van der Waals surface area contributed by atoms with Gasteiger partial charge in [0.2, 0.25) is 0 Å². The highest BCUT2D eigenvalue weighted by atomic mass is 16.3. The van der Waals surface area contributed by atoms with Gasteiger partial charge < -0.3 is 4.42 Å². The highest BCUT2D eigenvalue weighted by Crippen LogP contribution is 2.18. The molecule has 0 amide bonds. The van der Waals surface area contributed by atoms with E-state index in [1.165, 1.54) is 0 Å². The summed E-state index contributed by atoms with van der Waals surface area (Å²) in [5.41, 5.74) is 2.67. The van der Waals surface area contributed by atoms with Gasteiger partial charge in [-0.05, 0) is 25.5 Å². The molecule has 3 nitrogen and oxygen atoms in total. The number of furan rings is 1. The van der Waals surface area contributed by atoms with Crippen molar-refractivity contribution >= 4 is 0 Å². The molecule has 0 bridgehead atoms. The van der Waals surface area contributed by atoms with Gasteiger partial charge in [0, 0.05) is 0 Å². The molecule has 1 atom stereocenters. The molecule has 1 heterocycles. The molecule has 1 aromatic rings. The summed E-state index contributed by atoms with van der Waals surface area (Å²) in [7, 11) is 0. The lowest BCUT2D eigenvalue weighted by atomic mass is 10.2. The maximum atomic E-state index is 5.40. The summed E-state index contributed by atoms with van der Waals surface area (Å²) in [4.78, 5) is 0. The second-order valence-corrected chi connectivity index (χ2v) is 2.69. The second kappa shape index (κ2) is 4.09. The Labute approximate surface area is 72.2 Å². The molecule has 0 saturated heterocycles. The molecule has 0 fully saturated rings. The van der Waals surface area contributed by atoms with Gasteiger partial charge in [0.05, 0.1) is 6.04 Å². The zero-order valence-electron chi connectivity index (χ0n) is 7.21. The van der Waals surface area contributed by atoms with Gasteiger partial charge in [-0.1, -0.05) is 6.08 Å². The Kier molecular flexibility index (Phi) is 3.08.